The highest BCUT2D eigenvalue weighted by Crippen LogP contribution is 2.24. The molecule has 0 aliphatic rings. The SMILES string of the molecule is CC(=O)Nc1ccc(-c2cncc(-c3ccccc3)c2)oc1=O. The number of pyridine rings is 1. The summed E-state index contributed by atoms with van der Waals surface area (Å²) >= 11 is 0. The van der Waals surface area contributed by atoms with Crippen LogP contribution in [0.2, 0.25) is 0 Å². The van der Waals surface area contributed by atoms with Gasteiger partial charge in [-0.15, -0.1) is 0 Å². The van der Waals surface area contributed by atoms with Crippen molar-refractivity contribution in [3.05, 3.63) is 71.3 Å². The molecule has 5 nitrogen and oxygen atoms in total. The molecular formula is C18H14N2O3. The van der Waals surface area contributed by atoms with Gasteiger partial charge in [0.25, 0.3) is 0 Å². The maximum absolute atomic E-state index is 11.9. The third-order valence-electron chi connectivity index (χ3n) is 3.26. The Labute approximate surface area is 132 Å². The lowest BCUT2D eigenvalue weighted by molar-refractivity contribution is -0.114. The van der Waals surface area contributed by atoms with E-state index in [0.29, 0.717) is 11.3 Å². The summed E-state index contributed by atoms with van der Waals surface area (Å²) in [4.78, 5) is 27.1. The standard InChI is InChI=1S/C18H14N2O3/c1-12(21)20-16-7-8-17(23-18(16)22)15-9-14(10-19-11-15)13-5-3-2-4-6-13/h2-11H,1H3,(H,20,21). The van der Waals surface area contributed by atoms with Crippen LogP contribution in [-0.2, 0) is 4.79 Å². The Morgan fingerprint density at radius 1 is 1.00 bits per heavy atom. The van der Waals surface area contributed by atoms with Gasteiger partial charge in [0.15, 0.2) is 0 Å². The average molecular weight is 306 g/mol. The maximum atomic E-state index is 11.9. The summed E-state index contributed by atoms with van der Waals surface area (Å²) < 4.78 is 5.28. The summed E-state index contributed by atoms with van der Waals surface area (Å²) in [5, 5.41) is 2.43. The molecule has 2 heterocycles. The fourth-order valence-corrected chi connectivity index (χ4v) is 2.22. The molecular weight excluding hydrogens is 292 g/mol. The van der Waals surface area contributed by atoms with Crippen molar-refractivity contribution in [3.8, 4) is 22.5 Å². The molecule has 1 aromatic carbocycles. The van der Waals surface area contributed by atoms with Gasteiger partial charge in [-0.05, 0) is 23.8 Å². The Kier molecular flexibility index (Phi) is 4.01. The molecule has 0 aliphatic carbocycles. The summed E-state index contributed by atoms with van der Waals surface area (Å²) in [7, 11) is 0. The maximum Gasteiger partial charge on any atom is 0.360 e. The molecule has 0 aliphatic heterocycles. The Morgan fingerprint density at radius 3 is 2.43 bits per heavy atom. The van der Waals surface area contributed by atoms with Crippen LogP contribution in [0.5, 0.6) is 0 Å². The highest BCUT2D eigenvalue weighted by molar-refractivity contribution is 5.88. The smallest absolute Gasteiger partial charge is 0.360 e. The van der Waals surface area contributed by atoms with Crippen molar-refractivity contribution in [3.63, 3.8) is 0 Å². The van der Waals surface area contributed by atoms with Crippen LogP contribution >= 0.6 is 0 Å². The normalized spacial score (nSPS) is 10.3. The largest absolute Gasteiger partial charge is 0.421 e. The van der Waals surface area contributed by atoms with Crippen molar-refractivity contribution in [2.24, 2.45) is 0 Å². The first-order valence-electron chi connectivity index (χ1n) is 7.06. The highest BCUT2D eigenvalue weighted by atomic mass is 16.4. The molecule has 0 atom stereocenters. The van der Waals surface area contributed by atoms with E-state index >= 15 is 0 Å². The van der Waals surface area contributed by atoms with Gasteiger partial charge in [0, 0.05) is 30.4 Å². The van der Waals surface area contributed by atoms with Crippen LogP contribution in [0.3, 0.4) is 0 Å². The zero-order valence-electron chi connectivity index (χ0n) is 12.4. The number of nitrogens with zero attached hydrogens (tertiary/aromatic N) is 1. The van der Waals surface area contributed by atoms with Crippen LogP contribution < -0.4 is 10.9 Å². The number of anilines is 1. The number of nitrogens with one attached hydrogen (secondary N) is 1. The van der Waals surface area contributed by atoms with Crippen LogP contribution in [-0.4, -0.2) is 10.9 Å². The van der Waals surface area contributed by atoms with Gasteiger partial charge in [-0.25, -0.2) is 4.79 Å². The summed E-state index contributed by atoms with van der Waals surface area (Å²) in [5.41, 5.74) is 2.17. The molecule has 0 unspecified atom stereocenters. The van der Waals surface area contributed by atoms with E-state index in [0.717, 1.165) is 11.1 Å². The first-order chi connectivity index (χ1) is 11.1. The van der Waals surface area contributed by atoms with Crippen molar-refractivity contribution < 1.29 is 9.21 Å². The monoisotopic (exact) mass is 306 g/mol. The minimum Gasteiger partial charge on any atom is -0.421 e. The highest BCUT2D eigenvalue weighted by Gasteiger charge is 2.08. The summed E-state index contributed by atoms with van der Waals surface area (Å²) in [6.45, 7) is 1.33. The predicted octanol–water partition coefficient (Wildman–Crippen LogP) is 3.33. The Balaban J connectivity index is 1.98. The third kappa shape index (κ3) is 3.35. The number of aromatic nitrogens is 1. The Morgan fingerprint density at radius 2 is 1.74 bits per heavy atom. The molecule has 3 rings (SSSR count). The van der Waals surface area contributed by atoms with Gasteiger partial charge in [0.05, 0.1) is 0 Å². The lowest BCUT2D eigenvalue weighted by Gasteiger charge is -2.05. The predicted molar refractivity (Wildman–Crippen MR) is 87.9 cm³/mol. The molecule has 0 saturated carbocycles. The first-order valence-corrected chi connectivity index (χ1v) is 7.06. The Bertz CT molecular complexity index is 901. The van der Waals surface area contributed by atoms with Crippen LogP contribution in [0.1, 0.15) is 6.92 Å². The van der Waals surface area contributed by atoms with Crippen molar-refractivity contribution in [1.82, 2.24) is 4.98 Å². The van der Waals surface area contributed by atoms with Gasteiger partial charge < -0.3 is 9.73 Å². The summed E-state index contributed by atoms with van der Waals surface area (Å²) in [6.07, 6.45) is 3.38. The summed E-state index contributed by atoms with van der Waals surface area (Å²) in [5.74, 6) is 0.0761. The van der Waals surface area contributed by atoms with Gasteiger partial charge in [-0.2, -0.15) is 0 Å². The van der Waals surface area contributed by atoms with Crippen molar-refractivity contribution in [2.75, 3.05) is 5.32 Å². The molecule has 1 N–H and O–H groups in total. The quantitative estimate of drug-likeness (QED) is 0.805. The molecule has 0 spiro atoms. The van der Waals surface area contributed by atoms with Crippen molar-refractivity contribution in [1.29, 1.82) is 0 Å². The second-order valence-corrected chi connectivity index (χ2v) is 5.01. The summed E-state index contributed by atoms with van der Waals surface area (Å²) in [6, 6.07) is 14.9. The van der Waals surface area contributed by atoms with Crippen molar-refractivity contribution in [2.45, 2.75) is 6.92 Å². The molecule has 5 heteroatoms. The van der Waals surface area contributed by atoms with Crippen LogP contribution in [0, 0.1) is 0 Å². The number of amides is 1. The van der Waals surface area contributed by atoms with Gasteiger partial charge in [0.1, 0.15) is 11.4 Å². The second-order valence-electron chi connectivity index (χ2n) is 5.01. The lowest BCUT2D eigenvalue weighted by Crippen LogP contribution is -2.14. The first kappa shape index (κ1) is 14.7. The van der Waals surface area contributed by atoms with E-state index in [1.165, 1.54) is 13.0 Å². The van der Waals surface area contributed by atoms with E-state index in [9.17, 15) is 9.59 Å². The van der Waals surface area contributed by atoms with Gasteiger partial charge in [-0.3, -0.25) is 9.78 Å². The number of carbonyl (C=O) groups is 1. The van der Waals surface area contributed by atoms with Crippen LogP contribution in [0.25, 0.3) is 22.5 Å². The lowest BCUT2D eigenvalue weighted by atomic mass is 10.1. The molecule has 114 valence electrons. The molecule has 0 saturated heterocycles. The number of hydrogen-bond donors (Lipinski definition) is 1. The van der Waals surface area contributed by atoms with Crippen LogP contribution in [0.4, 0.5) is 5.69 Å². The number of carbonyl (C=O) groups excluding carboxylic acids is 1. The zero-order valence-corrected chi connectivity index (χ0v) is 12.4. The van der Waals surface area contributed by atoms with Gasteiger partial charge in [0.2, 0.25) is 5.91 Å². The molecule has 2 aromatic heterocycles. The molecule has 0 bridgehead atoms. The van der Waals surface area contributed by atoms with Crippen molar-refractivity contribution >= 4 is 11.6 Å². The van der Waals surface area contributed by atoms with E-state index in [1.54, 1.807) is 18.5 Å². The number of hydrogen-bond acceptors (Lipinski definition) is 4. The van der Waals surface area contributed by atoms with Crippen LogP contribution in [0.15, 0.2) is 70.1 Å². The zero-order chi connectivity index (χ0) is 16.2. The molecule has 23 heavy (non-hydrogen) atoms. The molecule has 1 amide bonds. The molecule has 0 radical (unpaired) electrons. The fourth-order valence-electron chi connectivity index (χ4n) is 2.22. The van der Waals surface area contributed by atoms with E-state index in [1.807, 2.05) is 36.4 Å². The molecule has 0 fully saturated rings. The van der Waals surface area contributed by atoms with E-state index in [2.05, 4.69) is 10.3 Å². The van der Waals surface area contributed by atoms with E-state index in [-0.39, 0.29) is 11.6 Å². The number of rotatable bonds is 3. The molecule has 3 aromatic rings. The third-order valence-corrected chi connectivity index (χ3v) is 3.26. The topological polar surface area (TPSA) is 72.2 Å². The minimum absolute atomic E-state index is 0.119. The Hall–Kier alpha value is -3.21. The fraction of sp³-hybridized carbons (Fsp3) is 0.0556. The van der Waals surface area contributed by atoms with Gasteiger partial charge in [-0.1, -0.05) is 30.3 Å². The van der Waals surface area contributed by atoms with E-state index < -0.39 is 5.63 Å². The second kappa shape index (κ2) is 6.27. The average Bonchev–Trinajstić information content (AvgIpc) is 2.57. The minimum atomic E-state index is -0.595. The number of benzene rings is 1. The van der Waals surface area contributed by atoms with Gasteiger partial charge >= 0.3 is 5.63 Å². The van der Waals surface area contributed by atoms with E-state index in [4.69, 9.17) is 4.42 Å².